The highest BCUT2D eigenvalue weighted by Crippen LogP contribution is 2.22. The Balaban J connectivity index is 2.08. The average Bonchev–Trinajstić information content (AvgIpc) is 2.56. The molecule has 0 aromatic heterocycles. The number of hydrogen-bond donors (Lipinski definition) is 2. The minimum absolute atomic E-state index is 0.337. The van der Waals surface area contributed by atoms with Crippen LogP contribution in [0.1, 0.15) is 58.3 Å². The normalized spacial score (nSPS) is 20.6. The largest absolute Gasteiger partial charge is 0.396 e. The SMILES string of the molecule is CCC(CCO)CNCC1CCCCCC1. The standard InChI is InChI=1S/C14H29NO/c1-2-13(9-10-16)11-15-12-14-7-5-3-4-6-8-14/h13-16H,2-12H2,1H3. The van der Waals surface area contributed by atoms with Crippen molar-refractivity contribution < 1.29 is 5.11 Å². The smallest absolute Gasteiger partial charge is 0.0434 e. The van der Waals surface area contributed by atoms with Gasteiger partial charge in [-0.05, 0) is 44.2 Å². The van der Waals surface area contributed by atoms with Crippen LogP contribution in [0.2, 0.25) is 0 Å². The van der Waals surface area contributed by atoms with Gasteiger partial charge in [0.1, 0.15) is 0 Å². The molecule has 0 radical (unpaired) electrons. The van der Waals surface area contributed by atoms with E-state index in [2.05, 4.69) is 12.2 Å². The second-order valence-electron chi connectivity index (χ2n) is 5.30. The molecule has 1 unspecified atom stereocenters. The van der Waals surface area contributed by atoms with Crippen molar-refractivity contribution in [2.45, 2.75) is 58.3 Å². The third-order valence-electron chi connectivity index (χ3n) is 3.96. The monoisotopic (exact) mass is 227 g/mol. The molecule has 1 saturated carbocycles. The summed E-state index contributed by atoms with van der Waals surface area (Å²) in [4.78, 5) is 0. The molecular weight excluding hydrogens is 198 g/mol. The van der Waals surface area contributed by atoms with E-state index in [9.17, 15) is 0 Å². The van der Waals surface area contributed by atoms with Gasteiger partial charge in [-0.3, -0.25) is 0 Å². The van der Waals surface area contributed by atoms with Crippen LogP contribution in [-0.4, -0.2) is 24.8 Å². The molecule has 2 nitrogen and oxygen atoms in total. The second-order valence-corrected chi connectivity index (χ2v) is 5.30. The third-order valence-corrected chi connectivity index (χ3v) is 3.96. The Kier molecular flexibility index (Phi) is 7.87. The molecule has 0 amide bonds. The minimum Gasteiger partial charge on any atom is -0.396 e. The summed E-state index contributed by atoms with van der Waals surface area (Å²) in [6.45, 7) is 4.84. The fraction of sp³-hybridized carbons (Fsp3) is 1.00. The molecule has 2 N–H and O–H groups in total. The van der Waals surface area contributed by atoms with E-state index in [4.69, 9.17) is 5.11 Å². The van der Waals surface area contributed by atoms with E-state index in [0.29, 0.717) is 12.5 Å². The van der Waals surface area contributed by atoms with E-state index >= 15 is 0 Å². The van der Waals surface area contributed by atoms with Crippen LogP contribution in [0.25, 0.3) is 0 Å². The maximum absolute atomic E-state index is 8.93. The van der Waals surface area contributed by atoms with Gasteiger partial charge in [-0.25, -0.2) is 0 Å². The zero-order valence-corrected chi connectivity index (χ0v) is 10.9. The van der Waals surface area contributed by atoms with Crippen molar-refractivity contribution in [2.75, 3.05) is 19.7 Å². The molecule has 1 fully saturated rings. The first-order valence-corrected chi connectivity index (χ1v) is 7.18. The highest BCUT2D eigenvalue weighted by Gasteiger charge is 2.12. The molecule has 0 aromatic carbocycles. The van der Waals surface area contributed by atoms with Gasteiger partial charge in [0.15, 0.2) is 0 Å². The van der Waals surface area contributed by atoms with Gasteiger partial charge < -0.3 is 10.4 Å². The summed E-state index contributed by atoms with van der Waals surface area (Å²) in [6, 6.07) is 0. The van der Waals surface area contributed by atoms with Crippen LogP contribution >= 0.6 is 0 Å². The molecule has 0 aliphatic heterocycles. The quantitative estimate of drug-likeness (QED) is 0.655. The zero-order valence-electron chi connectivity index (χ0n) is 10.9. The molecule has 0 bridgehead atoms. The van der Waals surface area contributed by atoms with Crippen LogP contribution in [0.5, 0.6) is 0 Å². The summed E-state index contributed by atoms with van der Waals surface area (Å²) in [5, 5.41) is 12.5. The van der Waals surface area contributed by atoms with Crippen molar-refractivity contribution in [3.8, 4) is 0 Å². The van der Waals surface area contributed by atoms with Crippen molar-refractivity contribution in [3.63, 3.8) is 0 Å². The summed E-state index contributed by atoms with van der Waals surface area (Å²) >= 11 is 0. The first-order chi connectivity index (χ1) is 7.86. The predicted molar refractivity (Wildman–Crippen MR) is 69.5 cm³/mol. The second kappa shape index (κ2) is 9.00. The molecule has 16 heavy (non-hydrogen) atoms. The molecule has 0 aromatic rings. The fourth-order valence-electron chi connectivity index (χ4n) is 2.69. The van der Waals surface area contributed by atoms with Crippen molar-refractivity contribution in [1.82, 2.24) is 5.32 Å². The van der Waals surface area contributed by atoms with Crippen molar-refractivity contribution >= 4 is 0 Å². The number of nitrogens with one attached hydrogen (secondary N) is 1. The number of hydrogen-bond acceptors (Lipinski definition) is 2. The Morgan fingerprint density at radius 1 is 1.19 bits per heavy atom. The zero-order chi connectivity index (χ0) is 11.6. The highest BCUT2D eigenvalue weighted by atomic mass is 16.3. The lowest BCUT2D eigenvalue weighted by Gasteiger charge is -2.18. The molecule has 2 heteroatoms. The Morgan fingerprint density at radius 3 is 2.44 bits per heavy atom. The fourth-order valence-corrected chi connectivity index (χ4v) is 2.69. The van der Waals surface area contributed by atoms with Crippen LogP contribution < -0.4 is 5.32 Å². The van der Waals surface area contributed by atoms with Crippen LogP contribution in [0.15, 0.2) is 0 Å². The molecule has 0 spiro atoms. The number of aliphatic hydroxyl groups excluding tert-OH is 1. The Hall–Kier alpha value is -0.0800. The van der Waals surface area contributed by atoms with Gasteiger partial charge in [0.2, 0.25) is 0 Å². The lowest BCUT2D eigenvalue weighted by molar-refractivity contribution is 0.249. The number of rotatable bonds is 7. The Morgan fingerprint density at radius 2 is 1.88 bits per heavy atom. The van der Waals surface area contributed by atoms with Gasteiger partial charge in [-0.2, -0.15) is 0 Å². The molecule has 1 rings (SSSR count). The predicted octanol–water partition coefficient (Wildman–Crippen LogP) is 2.96. The first-order valence-electron chi connectivity index (χ1n) is 7.18. The van der Waals surface area contributed by atoms with Crippen molar-refractivity contribution in [1.29, 1.82) is 0 Å². The Labute approximate surface area is 101 Å². The van der Waals surface area contributed by atoms with Gasteiger partial charge in [0, 0.05) is 6.61 Å². The maximum atomic E-state index is 8.93. The molecular formula is C14H29NO. The Bertz CT molecular complexity index is 153. The molecule has 1 atom stereocenters. The molecule has 0 heterocycles. The van der Waals surface area contributed by atoms with E-state index in [1.54, 1.807) is 0 Å². The van der Waals surface area contributed by atoms with Crippen LogP contribution in [0, 0.1) is 11.8 Å². The van der Waals surface area contributed by atoms with Gasteiger partial charge in [0.25, 0.3) is 0 Å². The van der Waals surface area contributed by atoms with E-state index in [0.717, 1.165) is 18.9 Å². The number of aliphatic hydroxyl groups is 1. The van der Waals surface area contributed by atoms with Crippen LogP contribution in [0.4, 0.5) is 0 Å². The third kappa shape index (κ3) is 5.86. The lowest BCUT2D eigenvalue weighted by atomic mass is 9.99. The van der Waals surface area contributed by atoms with E-state index in [-0.39, 0.29) is 0 Å². The first kappa shape index (κ1) is 14.0. The molecule has 1 aliphatic rings. The van der Waals surface area contributed by atoms with Crippen molar-refractivity contribution in [3.05, 3.63) is 0 Å². The summed E-state index contributed by atoms with van der Waals surface area (Å²) in [5.74, 6) is 1.57. The van der Waals surface area contributed by atoms with Crippen LogP contribution in [0.3, 0.4) is 0 Å². The lowest BCUT2D eigenvalue weighted by Crippen LogP contribution is -2.28. The highest BCUT2D eigenvalue weighted by molar-refractivity contribution is 4.68. The maximum Gasteiger partial charge on any atom is 0.0434 e. The van der Waals surface area contributed by atoms with Gasteiger partial charge in [0.05, 0.1) is 0 Å². The molecule has 0 saturated heterocycles. The van der Waals surface area contributed by atoms with Crippen LogP contribution in [-0.2, 0) is 0 Å². The van der Waals surface area contributed by atoms with Gasteiger partial charge in [-0.1, -0.05) is 39.0 Å². The summed E-state index contributed by atoms with van der Waals surface area (Å²) < 4.78 is 0. The summed E-state index contributed by atoms with van der Waals surface area (Å²) in [5.41, 5.74) is 0. The average molecular weight is 227 g/mol. The molecule has 1 aliphatic carbocycles. The minimum atomic E-state index is 0.337. The molecule has 96 valence electrons. The van der Waals surface area contributed by atoms with E-state index in [1.807, 2.05) is 0 Å². The topological polar surface area (TPSA) is 32.3 Å². The van der Waals surface area contributed by atoms with Gasteiger partial charge in [-0.15, -0.1) is 0 Å². The van der Waals surface area contributed by atoms with E-state index < -0.39 is 0 Å². The van der Waals surface area contributed by atoms with E-state index in [1.165, 1.54) is 51.5 Å². The van der Waals surface area contributed by atoms with Crippen molar-refractivity contribution in [2.24, 2.45) is 11.8 Å². The van der Waals surface area contributed by atoms with Gasteiger partial charge >= 0.3 is 0 Å². The summed E-state index contributed by atoms with van der Waals surface area (Å²) in [7, 11) is 0. The summed E-state index contributed by atoms with van der Waals surface area (Å²) in [6.07, 6.45) is 10.7.